The molecule has 1 aromatic carbocycles. The van der Waals surface area contributed by atoms with Crippen LogP contribution < -0.4 is 5.32 Å². The minimum atomic E-state index is 0.312. The van der Waals surface area contributed by atoms with Crippen LogP contribution in [0.1, 0.15) is 43.2 Å². The summed E-state index contributed by atoms with van der Waals surface area (Å²) in [6.07, 6.45) is 10.6. The molecule has 124 valence electrons. The molecule has 2 atom stereocenters. The van der Waals surface area contributed by atoms with Gasteiger partial charge in [-0.1, -0.05) is 49.6 Å². The Morgan fingerprint density at radius 3 is 2.65 bits per heavy atom. The van der Waals surface area contributed by atoms with Gasteiger partial charge in [-0.3, -0.25) is 0 Å². The third-order valence-corrected chi connectivity index (χ3v) is 4.98. The van der Waals surface area contributed by atoms with Crippen molar-refractivity contribution in [3.63, 3.8) is 0 Å². The zero-order valence-corrected chi connectivity index (χ0v) is 13.8. The molecule has 1 saturated carbocycles. The number of rotatable bonds is 6. The highest BCUT2D eigenvalue weighted by Crippen LogP contribution is 2.23. The van der Waals surface area contributed by atoms with E-state index in [4.69, 9.17) is 0 Å². The van der Waals surface area contributed by atoms with Crippen LogP contribution in [0.3, 0.4) is 0 Å². The van der Waals surface area contributed by atoms with Gasteiger partial charge in [0.1, 0.15) is 0 Å². The van der Waals surface area contributed by atoms with Crippen LogP contribution in [0.25, 0.3) is 0 Å². The Kier molecular flexibility index (Phi) is 5.89. The Balaban J connectivity index is 1.54. The van der Waals surface area contributed by atoms with Crippen molar-refractivity contribution >= 4 is 0 Å². The van der Waals surface area contributed by atoms with Crippen LogP contribution in [0.5, 0.6) is 0 Å². The normalized spacial score (nSPS) is 22.0. The van der Waals surface area contributed by atoms with Gasteiger partial charge in [-0.05, 0) is 36.0 Å². The molecule has 1 aliphatic carbocycles. The Hall–Kier alpha value is -1.58. The third-order valence-electron chi connectivity index (χ3n) is 4.98. The smallest absolute Gasteiger partial charge is 0.0474 e. The first kappa shape index (κ1) is 16.3. The van der Waals surface area contributed by atoms with Gasteiger partial charge in [0, 0.05) is 38.1 Å². The van der Waals surface area contributed by atoms with E-state index < -0.39 is 0 Å². The Bertz CT molecular complexity index is 578. The van der Waals surface area contributed by atoms with Crippen molar-refractivity contribution in [2.75, 3.05) is 6.61 Å². The number of nitrogens with one attached hydrogen (secondary N) is 1. The van der Waals surface area contributed by atoms with E-state index in [1.807, 2.05) is 0 Å². The van der Waals surface area contributed by atoms with Crippen molar-refractivity contribution < 1.29 is 5.11 Å². The van der Waals surface area contributed by atoms with Crippen LogP contribution in [0, 0.1) is 5.92 Å². The van der Waals surface area contributed by atoms with Gasteiger partial charge >= 0.3 is 0 Å². The van der Waals surface area contributed by atoms with Gasteiger partial charge in [0.15, 0.2) is 0 Å². The fourth-order valence-electron chi connectivity index (χ4n) is 3.61. The van der Waals surface area contributed by atoms with Crippen molar-refractivity contribution in [1.82, 2.24) is 9.88 Å². The second-order valence-corrected chi connectivity index (χ2v) is 6.75. The molecule has 0 saturated heterocycles. The highest BCUT2D eigenvalue weighted by Gasteiger charge is 2.22. The van der Waals surface area contributed by atoms with Gasteiger partial charge in [-0.2, -0.15) is 0 Å². The summed E-state index contributed by atoms with van der Waals surface area (Å²) in [5.74, 6) is 0.420. The van der Waals surface area contributed by atoms with Crippen molar-refractivity contribution in [2.45, 2.75) is 51.2 Å². The molecule has 3 nitrogen and oxygen atoms in total. The molecule has 23 heavy (non-hydrogen) atoms. The number of hydrogen-bond donors (Lipinski definition) is 2. The summed E-state index contributed by atoms with van der Waals surface area (Å²) in [5, 5.41) is 13.3. The lowest BCUT2D eigenvalue weighted by Gasteiger charge is -2.24. The average molecular weight is 312 g/mol. The maximum Gasteiger partial charge on any atom is 0.0474 e. The van der Waals surface area contributed by atoms with Gasteiger partial charge < -0.3 is 15.0 Å². The van der Waals surface area contributed by atoms with Gasteiger partial charge in [0.25, 0.3) is 0 Å². The van der Waals surface area contributed by atoms with Crippen molar-refractivity contribution in [3.05, 3.63) is 59.9 Å². The minimum Gasteiger partial charge on any atom is -0.396 e. The lowest BCUT2D eigenvalue weighted by molar-refractivity contribution is 0.181. The molecule has 3 rings (SSSR count). The van der Waals surface area contributed by atoms with E-state index in [2.05, 4.69) is 58.7 Å². The highest BCUT2D eigenvalue weighted by molar-refractivity contribution is 5.17. The first-order valence-corrected chi connectivity index (χ1v) is 8.88. The molecule has 0 amide bonds. The molecule has 0 aliphatic heterocycles. The lowest BCUT2D eigenvalue weighted by atomic mass is 9.95. The molecule has 0 radical (unpaired) electrons. The van der Waals surface area contributed by atoms with Gasteiger partial charge in [-0.25, -0.2) is 0 Å². The monoisotopic (exact) mass is 312 g/mol. The molecule has 0 bridgehead atoms. The summed E-state index contributed by atoms with van der Waals surface area (Å²) in [6, 6.07) is 13.2. The third kappa shape index (κ3) is 4.69. The highest BCUT2D eigenvalue weighted by atomic mass is 16.3. The van der Waals surface area contributed by atoms with E-state index in [0.717, 1.165) is 19.5 Å². The molecule has 2 N–H and O–H groups in total. The molecule has 2 aromatic rings. The van der Waals surface area contributed by atoms with Crippen LogP contribution in [0.15, 0.2) is 48.8 Å². The Labute approximate surface area is 139 Å². The number of benzene rings is 1. The van der Waals surface area contributed by atoms with E-state index in [9.17, 15) is 5.11 Å². The van der Waals surface area contributed by atoms with Crippen LogP contribution >= 0.6 is 0 Å². The summed E-state index contributed by atoms with van der Waals surface area (Å²) in [7, 11) is 0. The van der Waals surface area contributed by atoms with Crippen LogP contribution in [-0.2, 0) is 13.1 Å². The van der Waals surface area contributed by atoms with Gasteiger partial charge in [-0.15, -0.1) is 0 Å². The first-order valence-electron chi connectivity index (χ1n) is 8.88. The molecular formula is C20H28N2O. The zero-order valence-electron chi connectivity index (χ0n) is 13.8. The SMILES string of the molecule is OC[C@@H]1CCCCC[C@H]1NCc1ccn(Cc2ccccc2)c1. The van der Waals surface area contributed by atoms with E-state index in [1.165, 1.54) is 36.8 Å². The first-order chi connectivity index (χ1) is 11.3. The van der Waals surface area contributed by atoms with Crippen LogP contribution in [0.4, 0.5) is 0 Å². The second kappa shape index (κ2) is 8.32. The topological polar surface area (TPSA) is 37.2 Å². The summed E-state index contributed by atoms with van der Waals surface area (Å²) < 4.78 is 2.24. The number of aliphatic hydroxyl groups is 1. The molecule has 1 aliphatic rings. The van der Waals surface area contributed by atoms with Crippen LogP contribution in [0.2, 0.25) is 0 Å². The molecular weight excluding hydrogens is 284 g/mol. The maximum absolute atomic E-state index is 9.61. The molecule has 0 spiro atoms. The van der Waals surface area contributed by atoms with E-state index >= 15 is 0 Å². The Morgan fingerprint density at radius 2 is 1.83 bits per heavy atom. The van der Waals surface area contributed by atoms with E-state index in [0.29, 0.717) is 18.6 Å². The van der Waals surface area contributed by atoms with E-state index in [1.54, 1.807) is 0 Å². The number of hydrogen-bond acceptors (Lipinski definition) is 2. The fourth-order valence-corrected chi connectivity index (χ4v) is 3.61. The molecule has 3 heteroatoms. The number of nitrogens with zero attached hydrogens (tertiary/aromatic N) is 1. The molecule has 1 aromatic heterocycles. The minimum absolute atomic E-state index is 0.312. The van der Waals surface area contributed by atoms with E-state index in [-0.39, 0.29) is 0 Å². The fraction of sp³-hybridized carbons (Fsp3) is 0.500. The summed E-state index contributed by atoms with van der Waals surface area (Å²) in [4.78, 5) is 0. The van der Waals surface area contributed by atoms with Gasteiger partial charge in [0.2, 0.25) is 0 Å². The molecule has 1 fully saturated rings. The standard InChI is InChI=1S/C20H28N2O/c23-16-19-9-5-2-6-10-20(19)21-13-18-11-12-22(15-18)14-17-7-3-1-4-8-17/h1,3-4,7-8,11-12,15,19-21,23H,2,5-6,9-10,13-14,16H2/t19-,20+/m0/s1. The summed E-state index contributed by atoms with van der Waals surface area (Å²) in [5.41, 5.74) is 2.65. The van der Waals surface area contributed by atoms with Crippen molar-refractivity contribution in [3.8, 4) is 0 Å². The number of aromatic nitrogens is 1. The van der Waals surface area contributed by atoms with Gasteiger partial charge in [0.05, 0.1) is 0 Å². The number of aliphatic hydroxyl groups excluding tert-OH is 1. The predicted molar refractivity (Wildman–Crippen MR) is 94.3 cm³/mol. The van der Waals surface area contributed by atoms with Crippen molar-refractivity contribution in [1.29, 1.82) is 0 Å². The second-order valence-electron chi connectivity index (χ2n) is 6.75. The van der Waals surface area contributed by atoms with Crippen molar-refractivity contribution in [2.24, 2.45) is 5.92 Å². The lowest BCUT2D eigenvalue weighted by Crippen LogP contribution is -2.36. The Morgan fingerprint density at radius 1 is 1.00 bits per heavy atom. The zero-order chi connectivity index (χ0) is 15.9. The van der Waals surface area contributed by atoms with Crippen LogP contribution in [-0.4, -0.2) is 22.3 Å². The largest absolute Gasteiger partial charge is 0.396 e. The molecule has 0 unspecified atom stereocenters. The summed E-state index contributed by atoms with van der Waals surface area (Å²) >= 11 is 0. The average Bonchev–Trinajstić information content (AvgIpc) is 2.90. The quantitative estimate of drug-likeness (QED) is 0.800. The predicted octanol–water partition coefficient (Wildman–Crippen LogP) is 3.57. The maximum atomic E-state index is 9.61. The molecule has 1 heterocycles. The summed E-state index contributed by atoms with van der Waals surface area (Å²) in [6.45, 7) is 2.12.